The Morgan fingerprint density at radius 3 is 2.77 bits per heavy atom. The zero-order valence-electron chi connectivity index (χ0n) is 7.33. The van der Waals surface area contributed by atoms with Crippen LogP contribution in [0.25, 0.3) is 0 Å². The van der Waals surface area contributed by atoms with Crippen molar-refractivity contribution >= 4 is 5.69 Å². The third kappa shape index (κ3) is 2.61. The summed E-state index contributed by atoms with van der Waals surface area (Å²) in [6.45, 7) is 1.06. The fourth-order valence-corrected chi connectivity index (χ4v) is 1.04. The second kappa shape index (κ2) is 4.69. The molecule has 4 nitrogen and oxygen atoms in total. The molecule has 0 spiro atoms. The summed E-state index contributed by atoms with van der Waals surface area (Å²) in [4.78, 5) is 0. The number of aliphatic hydroxyl groups is 1. The van der Waals surface area contributed by atoms with Crippen molar-refractivity contribution in [3.8, 4) is 5.75 Å². The first-order valence-corrected chi connectivity index (χ1v) is 4.14. The van der Waals surface area contributed by atoms with Gasteiger partial charge in [-0.1, -0.05) is 0 Å². The number of nitrogens with one attached hydrogen (secondary N) is 1. The molecule has 0 radical (unpaired) electrons. The summed E-state index contributed by atoms with van der Waals surface area (Å²) in [6, 6.07) is 4.99. The largest absolute Gasteiger partial charge is 0.508 e. The lowest BCUT2D eigenvalue weighted by Crippen LogP contribution is -2.13. The van der Waals surface area contributed by atoms with Gasteiger partial charge in [0.05, 0.1) is 6.61 Å². The van der Waals surface area contributed by atoms with Gasteiger partial charge in [0.1, 0.15) is 5.75 Å². The van der Waals surface area contributed by atoms with Crippen LogP contribution in [0.1, 0.15) is 5.56 Å². The second-order valence-corrected chi connectivity index (χ2v) is 2.72. The van der Waals surface area contributed by atoms with Crippen LogP contribution in [0.4, 0.5) is 5.69 Å². The predicted molar refractivity (Wildman–Crippen MR) is 51.6 cm³/mol. The minimum atomic E-state index is -0.163. The predicted octanol–water partition coefficient (Wildman–Crippen LogP) is 0.255. The minimum absolute atomic E-state index is 0.112. The lowest BCUT2D eigenvalue weighted by molar-refractivity contribution is 0.275. The molecule has 0 bridgehead atoms. The monoisotopic (exact) mass is 182 g/mol. The Morgan fingerprint density at radius 1 is 1.38 bits per heavy atom. The number of aliphatic hydroxyl groups excluding tert-OH is 1. The average molecular weight is 182 g/mol. The summed E-state index contributed by atoms with van der Waals surface area (Å²) < 4.78 is 0. The quantitative estimate of drug-likeness (QED) is 0.503. The van der Waals surface area contributed by atoms with Crippen molar-refractivity contribution in [2.75, 3.05) is 18.4 Å². The van der Waals surface area contributed by atoms with E-state index in [1.165, 1.54) is 0 Å². The molecule has 0 saturated carbocycles. The Bertz CT molecular complexity index is 276. The number of phenols is 1. The van der Waals surface area contributed by atoms with E-state index >= 15 is 0 Å². The Hall–Kier alpha value is -1.26. The molecule has 0 amide bonds. The number of benzene rings is 1. The van der Waals surface area contributed by atoms with Gasteiger partial charge >= 0.3 is 0 Å². The van der Waals surface area contributed by atoms with E-state index in [-0.39, 0.29) is 12.4 Å². The van der Waals surface area contributed by atoms with Crippen LogP contribution in [0, 0.1) is 0 Å². The number of rotatable bonds is 4. The van der Waals surface area contributed by atoms with Gasteiger partial charge in [-0.3, -0.25) is 0 Å². The summed E-state index contributed by atoms with van der Waals surface area (Å²) in [6.07, 6.45) is 0. The summed E-state index contributed by atoms with van der Waals surface area (Å²) in [5, 5.41) is 21.2. The van der Waals surface area contributed by atoms with Crippen molar-refractivity contribution in [2.24, 2.45) is 5.73 Å². The topological polar surface area (TPSA) is 78.5 Å². The molecule has 0 atom stereocenters. The number of aromatic hydroxyl groups is 1. The van der Waals surface area contributed by atoms with Gasteiger partial charge in [0.25, 0.3) is 0 Å². The summed E-state index contributed by atoms with van der Waals surface area (Å²) in [7, 11) is 0. The molecule has 0 heterocycles. The fraction of sp³-hybridized carbons (Fsp3) is 0.333. The van der Waals surface area contributed by atoms with E-state index < -0.39 is 0 Å². The maximum atomic E-state index is 9.25. The van der Waals surface area contributed by atoms with Crippen LogP contribution in [0.2, 0.25) is 0 Å². The Morgan fingerprint density at radius 2 is 2.15 bits per heavy atom. The van der Waals surface area contributed by atoms with Crippen molar-refractivity contribution in [2.45, 2.75) is 6.61 Å². The molecule has 13 heavy (non-hydrogen) atoms. The smallest absolute Gasteiger partial charge is 0.121 e. The Balaban J connectivity index is 2.74. The van der Waals surface area contributed by atoms with E-state index in [9.17, 15) is 5.11 Å². The molecule has 1 rings (SSSR count). The highest BCUT2D eigenvalue weighted by Gasteiger charge is 2.00. The van der Waals surface area contributed by atoms with Gasteiger partial charge in [-0.2, -0.15) is 0 Å². The van der Waals surface area contributed by atoms with E-state index in [0.29, 0.717) is 18.7 Å². The number of hydrogen-bond acceptors (Lipinski definition) is 4. The van der Waals surface area contributed by atoms with Crippen LogP contribution in [0.5, 0.6) is 5.75 Å². The third-order valence-electron chi connectivity index (χ3n) is 1.72. The molecule has 0 aliphatic carbocycles. The fourth-order valence-electron chi connectivity index (χ4n) is 1.04. The number of hydrogen-bond donors (Lipinski definition) is 4. The lowest BCUT2D eigenvalue weighted by atomic mass is 10.2. The average Bonchev–Trinajstić information content (AvgIpc) is 2.16. The number of nitrogens with two attached hydrogens (primary N) is 1. The van der Waals surface area contributed by atoms with E-state index in [1.807, 2.05) is 0 Å². The highest BCUT2D eigenvalue weighted by Crippen LogP contribution is 2.20. The normalized spacial score (nSPS) is 10.0. The second-order valence-electron chi connectivity index (χ2n) is 2.72. The Kier molecular flexibility index (Phi) is 3.54. The lowest BCUT2D eigenvalue weighted by Gasteiger charge is -2.07. The van der Waals surface area contributed by atoms with Gasteiger partial charge in [0, 0.05) is 24.3 Å². The molecule has 0 saturated heterocycles. The first-order valence-electron chi connectivity index (χ1n) is 4.14. The van der Waals surface area contributed by atoms with Crippen molar-refractivity contribution in [1.82, 2.24) is 0 Å². The standard InChI is InChI=1S/C9H14N2O2/c10-3-4-11-8-1-2-9(13)7(5-8)6-12/h1-2,5,11-13H,3-4,6,10H2. The van der Waals surface area contributed by atoms with Crippen molar-refractivity contribution in [1.29, 1.82) is 0 Å². The molecule has 0 aliphatic rings. The molecule has 1 aromatic carbocycles. The maximum absolute atomic E-state index is 9.25. The Labute approximate surface area is 77.0 Å². The molecular weight excluding hydrogens is 168 g/mol. The zero-order valence-corrected chi connectivity index (χ0v) is 7.33. The van der Waals surface area contributed by atoms with E-state index in [4.69, 9.17) is 10.8 Å². The van der Waals surface area contributed by atoms with Crippen LogP contribution in [0.3, 0.4) is 0 Å². The van der Waals surface area contributed by atoms with Crippen LogP contribution in [-0.4, -0.2) is 23.3 Å². The van der Waals surface area contributed by atoms with Crippen LogP contribution >= 0.6 is 0 Å². The molecule has 0 aliphatic heterocycles. The van der Waals surface area contributed by atoms with Crippen molar-refractivity contribution in [3.05, 3.63) is 23.8 Å². The summed E-state index contributed by atoms with van der Waals surface area (Å²) in [5.74, 6) is 0.112. The van der Waals surface area contributed by atoms with E-state index in [1.54, 1.807) is 18.2 Å². The maximum Gasteiger partial charge on any atom is 0.121 e. The van der Waals surface area contributed by atoms with Crippen LogP contribution < -0.4 is 11.1 Å². The summed E-state index contributed by atoms with van der Waals surface area (Å²) >= 11 is 0. The van der Waals surface area contributed by atoms with Gasteiger partial charge in [-0.25, -0.2) is 0 Å². The van der Waals surface area contributed by atoms with Crippen molar-refractivity contribution < 1.29 is 10.2 Å². The minimum Gasteiger partial charge on any atom is -0.508 e. The first kappa shape index (κ1) is 9.83. The van der Waals surface area contributed by atoms with E-state index in [0.717, 1.165) is 5.69 Å². The van der Waals surface area contributed by atoms with Gasteiger partial charge < -0.3 is 21.3 Å². The molecule has 0 unspecified atom stereocenters. The molecule has 72 valence electrons. The molecule has 5 N–H and O–H groups in total. The summed E-state index contributed by atoms with van der Waals surface area (Å²) in [5.41, 5.74) is 6.69. The first-order chi connectivity index (χ1) is 6.27. The molecule has 1 aromatic rings. The van der Waals surface area contributed by atoms with Crippen molar-refractivity contribution in [3.63, 3.8) is 0 Å². The SMILES string of the molecule is NCCNc1ccc(O)c(CO)c1. The van der Waals surface area contributed by atoms with Gasteiger partial charge in [0.15, 0.2) is 0 Å². The highest BCUT2D eigenvalue weighted by molar-refractivity contribution is 5.50. The van der Waals surface area contributed by atoms with Crippen LogP contribution in [0.15, 0.2) is 18.2 Å². The van der Waals surface area contributed by atoms with Gasteiger partial charge in [-0.15, -0.1) is 0 Å². The number of anilines is 1. The van der Waals surface area contributed by atoms with Gasteiger partial charge in [-0.05, 0) is 18.2 Å². The molecule has 0 aromatic heterocycles. The van der Waals surface area contributed by atoms with Crippen LogP contribution in [-0.2, 0) is 6.61 Å². The highest BCUT2D eigenvalue weighted by atomic mass is 16.3. The zero-order chi connectivity index (χ0) is 9.68. The molecule has 4 heteroatoms. The van der Waals surface area contributed by atoms with E-state index in [2.05, 4.69) is 5.32 Å². The molecular formula is C9H14N2O2. The third-order valence-corrected chi connectivity index (χ3v) is 1.72. The van der Waals surface area contributed by atoms with Gasteiger partial charge in [0.2, 0.25) is 0 Å². The molecule has 0 fully saturated rings.